The largest absolute Gasteiger partial charge is 0.206 e. The minimum Gasteiger partial charge on any atom is -0.181 e. The van der Waals surface area contributed by atoms with Crippen molar-refractivity contribution in [2.75, 3.05) is 0 Å². The van der Waals surface area contributed by atoms with E-state index < -0.39 is 0 Å². The summed E-state index contributed by atoms with van der Waals surface area (Å²) >= 11 is 2.96. The first-order chi connectivity index (χ1) is 7.69. The topological polar surface area (TPSA) is 52.9 Å². The highest BCUT2D eigenvalue weighted by atomic mass is 32.2. The highest BCUT2D eigenvalue weighted by Crippen LogP contribution is 2.52. The summed E-state index contributed by atoms with van der Waals surface area (Å²) in [5, 5.41) is 13.8. The van der Waals surface area contributed by atoms with Crippen LogP contribution in [0.3, 0.4) is 0 Å². The van der Waals surface area contributed by atoms with Crippen LogP contribution < -0.4 is 0 Å². The third kappa shape index (κ3) is 1.57. The standard InChI is InChI=1S/C10H6N4S2/c1-5-7-8(15-9(5)13-4-11)6(2)10(16-7)14-12-3/h1-2H3/b13-9?,14-10-. The van der Waals surface area contributed by atoms with Crippen LogP contribution in [0.4, 0.5) is 0 Å². The SMILES string of the molecule is [C-]#[N+]/N=C1\SC2=C(C)C(=NC#N)SC2=C1C. The van der Waals surface area contributed by atoms with Gasteiger partial charge in [0.15, 0.2) is 5.04 Å². The molecule has 0 spiro atoms. The maximum absolute atomic E-state index is 8.55. The second kappa shape index (κ2) is 4.17. The Hall–Kier alpha value is -1.50. The summed E-state index contributed by atoms with van der Waals surface area (Å²) in [6.45, 7) is 10.6. The molecule has 0 saturated carbocycles. The van der Waals surface area contributed by atoms with Crippen LogP contribution in [-0.4, -0.2) is 10.1 Å². The predicted molar refractivity (Wildman–Crippen MR) is 67.7 cm³/mol. The Labute approximate surface area is 102 Å². The first kappa shape index (κ1) is 11.0. The van der Waals surface area contributed by atoms with Crippen LogP contribution in [0.1, 0.15) is 13.8 Å². The van der Waals surface area contributed by atoms with Crippen LogP contribution in [0.15, 0.2) is 31.1 Å². The van der Waals surface area contributed by atoms with Crippen molar-refractivity contribution < 1.29 is 0 Å². The fourth-order valence-corrected chi connectivity index (χ4v) is 3.86. The zero-order valence-corrected chi connectivity index (χ0v) is 10.2. The number of aliphatic imine (C=N–C) groups is 1. The Morgan fingerprint density at radius 2 is 1.75 bits per heavy atom. The van der Waals surface area contributed by atoms with Gasteiger partial charge in [-0.25, -0.2) is 0 Å². The minimum absolute atomic E-state index is 0.751. The molecular formula is C10H6N4S2. The van der Waals surface area contributed by atoms with Gasteiger partial charge in [0.05, 0.1) is 5.10 Å². The van der Waals surface area contributed by atoms with Crippen molar-refractivity contribution in [3.05, 3.63) is 32.5 Å². The fraction of sp³-hybridized carbons (Fsp3) is 0.200. The van der Waals surface area contributed by atoms with Crippen LogP contribution in [0.5, 0.6) is 0 Å². The van der Waals surface area contributed by atoms with Gasteiger partial charge >= 0.3 is 0 Å². The Morgan fingerprint density at radius 1 is 1.19 bits per heavy atom. The van der Waals surface area contributed by atoms with E-state index in [4.69, 9.17) is 11.8 Å². The Balaban J connectivity index is 2.49. The Morgan fingerprint density at radius 3 is 2.31 bits per heavy atom. The molecule has 0 aromatic carbocycles. The number of thioether (sulfide) groups is 2. The second-order valence-corrected chi connectivity index (χ2v) is 5.13. The molecule has 0 fully saturated rings. The molecular weight excluding hydrogens is 240 g/mol. The molecule has 0 radical (unpaired) electrons. The van der Waals surface area contributed by atoms with E-state index in [1.807, 2.05) is 13.8 Å². The number of hydrogen-bond acceptors (Lipinski definition) is 5. The Bertz CT molecular complexity index is 515. The lowest BCUT2D eigenvalue weighted by atomic mass is 10.2. The van der Waals surface area contributed by atoms with Gasteiger partial charge in [0.2, 0.25) is 6.19 Å². The molecule has 0 amide bonds. The van der Waals surface area contributed by atoms with E-state index >= 15 is 0 Å². The van der Waals surface area contributed by atoms with E-state index in [1.54, 1.807) is 6.19 Å². The van der Waals surface area contributed by atoms with E-state index in [0.717, 1.165) is 31.0 Å². The van der Waals surface area contributed by atoms with Gasteiger partial charge in [-0.3, -0.25) is 0 Å². The monoisotopic (exact) mass is 246 g/mol. The molecule has 4 nitrogen and oxygen atoms in total. The molecule has 0 saturated heterocycles. The van der Waals surface area contributed by atoms with Gasteiger partial charge in [-0.1, -0.05) is 23.5 Å². The molecule has 2 heterocycles. The van der Waals surface area contributed by atoms with E-state index in [0.29, 0.717) is 0 Å². The molecule has 0 unspecified atom stereocenters. The number of hydrogen-bond donors (Lipinski definition) is 0. The van der Waals surface area contributed by atoms with Gasteiger partial charge in [0.25, 0.3) is 0 Å². The molecule has 2 rings (SSSR count). The van der Waals surface area contributed by atoms with Gasteiger partial charge in [-0.15, -0.1) is 4.95 Å². The minimum atomic E-state index is 0.751. The lowest BCUT2D eigenvalue weighted by molar-refractivity contribution is 1.43. The summed E-state index contributed by atoms with van der Waals surface area (Å²) in [6.07, 6.45) is 1.80. The molecule has 0 aliphatic carbocycles. The molecule has 2 aliphatic rings. The van der Waals surface area contributed by atoms with Crippen LogP contribution in [-0.2, 0) is 0 Å². The maximum Gasteiger partial charge on any atom is 0.206 e. The van der Waals surface area contributed by atoms with E-state index in [2.05, 4.69) is 15.0 Å². The lowest BCUT2D eigenvalue weighted by Crippen LogP contribution is -1.91. The molecule has 0 atom stereocenters. The summed E-state index contributed by atoms with van der Waals surface area (Å²) in [5.41, 5.74) is 2.00. The van der Waals surface area contributed by atoms with Crippen molar-refractivity contribution in [2.24, 2.45) is 10.1 Å². The van der Waals surface area contributed by atoms with Crippen molar-refractivity contribution in [3.63, 3.8) is 0 Å². The van der Waals surface area contributed by atoms with Gasteiger partial charge < -0.3 is 0 Å². The smallest absolute Gasteiger partial charge is 0.181 e. The zero-order chi connectivity index (χ0) is 11.7. The summed E-state index contributed by atoms with van der Waals surface area (Å²) in [4.78, 5) is 8.98. The van der Waals surface area contributed by atoms with Crippen LogP contribution >= 0.6 is 23.5 Å². The highest BCUT2D eigenvalue weighted by molar-refractivity contribution is 8.24. The first-order valence-corrected chi connectivity index (χ1v) is 6.02. The molecule has 2 aliphatic heterocycles. The third-order valence-corrected chi connectivity index (χ3v) is 4.95. The zero-order valence-electron chi connectivity index (χ0n) is 8.61. The van der Waals surface area contributed by atoms with Gasteiger partial charge in [-0.2, -0.15) is 16.8 Å². The summed E-state index contributed by atoms with van der Waals surface area (Å²) in [7, 11) is 0. The van der Waals surface area contributed by atoms with Crippen molar-refractivity contribution >= 4 is 33.6 Å². The van der Waals surface area contributed by atoms with E-state index in [-0.39, 0.29) is 0 Å². The lowest BCUT2D eigenvalue weighted by Gasteiger charge is -1.95. The van der Waals surface area contributed by atoms with Crippen molar-refractivity contribution in [1.82, 2.24) is 0 Å². The average molecular weight is 246 g/mol. The summed E-state index contributed by atoms with van der Waals surface area (Å²) in [5.74, 6) is 0. The summed E-state index contributed by atoms with van der Waals surface area (Å²) < 4.78 is 0. The average Bonchev–Trinajstić information content (AvgIpc) is 2.71. The van der Waals surface area contributed by atoms with Crippen LogP contribution in [0, 0.1) is 18.0 Å². The predicted octanol–water partition coefficient (Wildman–Crippen LogP) is 3.14. The maximum atomic E-state index is 8.55. The molecule has 6 heteroatoms. The Kier molecular flexibility index (Phi) is 2.86. The molecule has 0 aromatic heterocycles. The summed E-state index contributed by atoms with van der Waals surface area (Å²) in [6, 6.07) is 0. The fourth-order valence-electron chi connectivity index (χ4n) is 1.42. The third-order valence-electron chi connectivity index (χ3n) is 2.22. The van der Waals surface area contributed by atoms with Gasteiger partial charge in [-0.05, 0) is 19.4 Å². The van der Waals surface area contributed by atoms with Gasteiger partial charge in [0, 0.05) is 15.4 Å². The number of fused-ring (bicyclic) bond motifs is 1. The van der Waals surface area contributed by atoms with Crippen molar-refractivity contribution in [2.45, 2.75) is 13.8 Å². The molecule has 0 aromatic rings. The van der Waals surface area contributed by atoms with E-state index in [9.17, 15) is 0 Å². The number of rotatable bonds is 0. The normalized spacial score (nSPS) is 24.0. The van der Waals surface area contributed by atoms with E-state index in [1.165, 1.54) is 23.5 Å². The number of nitriles is 1. The molecule has 0 bridgehead atoms. The molecule has 16 heavy (non-hydrogen) atoms. The highest BCUT2D eigenvalue weighted by Gasteiger charge is 2.35. The quantitative estimate of drug-likeness (QED) is 0.375. The van der Waals surface area contributed by atoms with Crippen molar-refractivity contribution in [1.29, 1.82) is 5.26 Å². The van der Waals surface area contributed by atoms with Crippen LogP contribution in [0.25, 0.3) is 4.95 Å². The van der Waals surface area contributed by atoms with Gasteiger partial charge in [0.1, 0.15) is 5.04 Å². The number of nitrogens with zero attached hydrogens (tertiary/aromatic N) is 4. The molecule has 78 valence electrons. The first-order valence-electron chi connectivity index (χ1n) is 4.38. The van der Waals surface area contributed by atoms with Crippen LogP contribution in [0.2, 0.25) is 0 Å². The van der Waals surface area contributed by atoms with Crippen molar-refractivity contribution in [3.8, 4) is 6.19 Å². The molecule has 0 N–H and O–H groups in total. The second-order valence-electron chi connectivity index (χ2n) is 3.13.